The van der Waals surface area contributed by atoms with Crippen LogP contribution in [0.1, 0.15) is 139 Å². The van der Waals surface area contributed by atoms with Crippen molar-refractivity contribution in [2.45, 2.75) is 147 Å². The Morgan fingerprint density at radius 3 is 2.14 bits per heavy atom. The molecular weight excluding hydrogens is 742 g/mol. The van der Waals surface area contributed by atoms with Gasteiger partial charge in [-0.3, -0.25) is 9.59 Å². The number of aromatic amines is 1. The highest BCUT2D eigenvalue weighted by molar-refractivity contribution is 6.30. The van der Waals surface area contributed by atoms with E-state index >= 15 is 0 Å². The molecule has 5 rings (SSSR count). The van der Waals surface area contributed by atoms with E-state index in [2.05, 4.69) is 79.5 Å². The normalized spacial score (nSPS) is 19.6. The van der Waals surface area contributed by atoms with Crippen molar-refractivity contribution >= 4 is 40.5 Å². The highest BCUT2D eigenvalue weighted by Gasteiger charge is 2.46. The molecule has 1 fully saturated rings. The number of nitrogens with zero attached hydrogens (tertiary/aromatic N) is 3. The van der Waals surface area contributed by atoms with Crippen LogP contribution in [0.4, 0.5) is 17.3 Å². The lowest BCUT2D eigenvalue weighted by atomic mass is 9.54. The van der Waals surface area contributed by atoms with Crippen molar-refractivity contribution in [2.75, 3.05) is 5.32 Å². The van der Waals surface area contributed by atoms with E-state index in [1.807, 2.05) is 56.3 Å². The minimum atomic E-state index is -0.296. The molecule has 0 radical (unpaired) electrons. The summed E-state index contributed by atoms with van der Waals surface area (Å²) < 4.78 is 8.14. The highest BCUT2D eigenvalue weighted by Crippen LogP contribution is 2.54. The van der Waals surface area contributed by atoms with Crippen LogP contribution in [0.25, 0.3) is 16.8 Å². The van der Waals surface area contributed by atoms with Gasteiger partial charge in [0.1, 0.15) is 22.9 Å². The maximum atomic E-state index is 14.6. The van der Waals surface area contributed by atoms with E-state index in [1.54, 1.807) is 4.40 Å². The lowest BCUT2D eigenvalue weighted by Gasteiger charge is -2.51. The third-order valence-electron chi connectivity index (χ3n) is 12.7. The van der Waals surface area contributed by atoms with Gasteiger partial charge in [0.2, 0.25) is 5.91 Å². The van der Waals surface area contributed by atoms with Crippen molar-refractivity contribution in [3.8, 4) is 16.9 Å². The van der Waals surface area contributed by atoms with Crippen LogP contribution in [0.2, 0.25) is 5.02 Å². The molecule has 1 saturated carbocycles. The number of halogens is 1. The maximum absolute atomic E-state index is 14.6. The maximum Gasteiger partial charge on any atom is 0.261 e. The van der Waals surface area contributed by atoms with E-state index in [4.69, 9.17) is 26.6 Å². The number of carbonyl (C=O) groups excluding carboxylic acids is 1. The molecule has 0 spiro atoms. The molecule has 2 N–H and O–H groups in total. The number of benzene rings is 2. The van der Waals surface area contributed by atoms with Gasteiger partial charge in [-0.2, -0.15) is 0 Å². The lowest BCUT2D eigenvalue weighted by molar-refractivity contribution is -0.120. The van der Waals surface area contributed by atoms with E-state index in [1.165, 1.54) is 6.07 Å². The van der Waals surface area contributed by atoms with E-state index in [0.29, 0.717) is 63.8 Å². The summed E-state index contributed by atoms with van der Waals surface area (Å²) in [4.78, 5) is 31.9. The fraction of sp³-hybridized carbons (Fsp3) is 0.592. The molecule has 9 heteroatoms. The van der Waals surface area contributed by atoms with E-state index < -0.39 is 0 Å². The van der Waals surface area contributed by atoms with Crippen LogP contribution in [0.3, 0.4) is 0 Å². The predicted molar refractivity (Wildman–Crippen MR) is 242 cm³/mol. The average Bonchev–Trinajstić information content (AvgIpc) is 3.46. The van der Waals surface area contributed by atoms with Gasteiger partial charge in [0.15, 0.2) is 5.82 Å². The Morgan fingerprint density at radius 2 is 1.57 bits per heavy atom. The summed E-state index contributed by atoms with van der Waals surface area (Å²) in [5, 5.41) is 13.6. The number of rotatable bonds is 15. The van der Waals surface area contributed by atoms with Crippen LogP contribution in [-0.4, -0.2) is 21.4 Å². The number of nitrogens with one attached hydrogen (secondary N) is 2. The zero-order valence-electron chi connectivity index (χ0n) is 37.4. The third kappa shape index (κ3) is 10.4. The minimum Gasteiger partial charge on any atom is -0.488 e. The number of unbranched alkanes of at least 4 members (excludes halogenated alkanes) is 1. The molecule has 0 bridgehead atoms. The van der Waals surface area contributed by atoms with Gasteiger partial charge < -0.3 is 15.0 Å². The van der Waals surface area contributed by atoms with Crippen molar-refractivity contribution in [3.05, 3.63) is 75.0 Å². The first-order valence-electron chi connectivity index (χ1n) is 22.0. The molecule has 4 aromatic rings. The Labute approximate surface area is 353 Å². The van der Waals surface area contributed by atoms with Crippen LogP contribution in [0, 0.1) is 47.3 Å². The molecule has 1 aliphatic carbocycles. The quantitative estimate of drug-likeness (QED) is 0.117. The number of ether oxygens (including phenoxy) is 1. The molecule has 1 aliphatic rings. The number of amides is 1. The number of H-pyrrole nitrogens is 1. The van der Waals surface area contributed by atoms with Gasteiger partial charge >= 0.3 is 0 Å². The van der Waals surface area contributed by atoms with E-state index in [0.717, 1.165) is 73.6 Å². The van der Waals surface area contributed by atoms with Crippen LogP contribution in [-0.2, 0) is 11.2 Å². The molecule has 8 nitrogen and oxygen atoms in total. The van der Waals surface area contributed by atoms with Crippen molar-refractivity contribution in [1.29, 1.82) is 0 Å². The zero-order chi connectivity index (χ0) is 42.5. The van der Waals surface area contributed by atoms with Gasteiger partial charge in [0, 0.05) is 28.1 Å². The van der Waals surface area contributed by atoms with Crippen LogP contribution >= 0.6 is 11.6 Å². The van der Waals surface area contributed by atoms with Crippen LogP contribution in [0.15, 0.2) is 63.6 Å². The minimum absolute atomic E-state index is 0.0385. The number of hydrogen-bond donors (Lipinski definition) is 2. The second-order valence-electron chi connectivity index (χ2n) is 19.2. The number of carbonyl (C=O) groups is 1. The van der Waals surface area contributed by atoms with E-state index in [-0.39, 0.29) is 34.3 Å². The summed E-state index contributed by atoms with van der Waals surface area (Å²) in [6.45, 7) is 27.1. The number of fused-ring (bicyclic) bond motifs is 1. The summed E-state index contributed by atoms with van der Waals surface area (Å²) in [6.07, 6.45) is 8.27. The van der Waals surface area contributed by atoms with Gasteiger partial charge in [-0.15, -0.1) is 10.2 Å². The van der Waals surface area contributed by atoms with Gasteiger partial charge in [-0.25, -0.2) is 4.40 Å². The second kappa shape index (κ2) is 19.0. The van der Waals surface area contributed by atoms with Crippen LogP contribution in [0.5, 0.6) is 5.75 Å². The van der Waals surface area contributed by atoms with Crippen molar-refractivity contribution in [2.24, 2.45) is 50.6 Å². The van der Waals surface area contributed by atoms with Crippen molar-refractivity contribution < 1.29 is 9.53 Å². The lowest BCUT2D eigenvalue weighted by Crippen LogP contribution is -2.44. The fourth-order valence-electron chi connectivity index (χ4n) is 9.43. The molecule has 58 heavy (non-hydrogen) atoms. The molecule has 3 unspecified atom stereocenters. The fourth-order valence-corrected chi connectivity index (χ4v) is 9.56. The molecule has 316 valence electrons. The Balaban J connectivity index is 1.82. The number of aromatic nitrogens is 2. The summed E-state index contributed by atoms with van der Waals surface area (Å²) in [6, 6.07) is 15.2. The smallest absolute Gasteiger partial charge is 0.261 e. The molecule has 1 amide bonds. The van der Waals surface area contributed by atoms with Gasteiger partial charge in [0.25, 0.3) is 5.56 Å². The van der Waals surface area contributed by atoms with Gasteiger partial charge in [-0.1, -0.05) is 119 Å². The molecule has 0 aliphatic heterocycles. The zero-order valence-corrected chi connectivity index (χ0v) is 38.1. The first kappa shape index (κ1) is 45.2. The standard InChI is InChI=1S/C49H70ClN5O3/c1-13-17-18-32(14-2)47(57)52-42-29-43(56)55-45(51-42)37(28-36-38(48(7,8)9)25-31(6)26-39(36)49(10,11)12)44(33-20-22-34(50)23-21-33)46(55)54-53-40-24-19-30(5)27-41(40)58-35(15-3)16-4/h19-24,27,29,31-32,35-36,38-39,51H,13-18,25-26,28H2,1-12H3,(H,52,57). The highest BCUT2D eigenvalue weighted by atomic mass is 35.5. The van der Waals surface area contributed by atoms with Gasteiger partial charge in [-0.05, 0) is 122 Å². The topological polar surface area (TPSA) is 100 Å². The predicted octanol–water partition coefficient (Wildman–Crippen LogP) is 14.3. The Morgan fingerprint density at radius 1 is 0.931 bits per heavy atom. The number of anilines is 1. The van der Waals surface area contributed by atoms with Crippen molar-refractivity contribution in [3.63, 3.8) is 0 Å². The summed E-state index contributed by atoms with van der Waals surface area (Å²) in [5.41, 5.74) is 4.81. The summed E-state index contributed by atoms with van der Waals surface area (Å²) in [5.74, 6) is 3.01. The molecule has 2 aromatic heterocycles. The Bertz CT molecular complexity index is 2070. The van der Waals surface area contributed by atoms with Crippen molar-refractivity contribution in [1.82, 2.24) is 9.38 Å². The Hall–Kier alpha value is -3.91. The molecule has 2 heterocycles. The number of aryl methyl sites for hydroxylation is 1. The first-order chi connectivity index (χ1) is 27.4. The largest absolute Gasteiger partial charge is 0.488 e. The second-order valence-corrected chi connectivity index (χ2v) is 19.7. The molecule has 3 atom stereocenters. The summed E-state index contributed by atoms with van der Waals surface area (Å²) >= 11 is 6.51. The van der Waals surface area contributed by atoms with E-state index in [9.17, 15) is 9.59 Å². The number of azo groups is 1. The first-order valence-corrected chi connectivity index (χ1v) is 22.3. The monoisotopic (exact) mass is 812 g/mol. The SMILES string of the molecule is CCCCC(CC)C(=O)Nc1cc(=O)n2c(N=Nc3ccc(C)cc3OC(CC)CC)c(-c3ccc(Cl)cc3)c(CC3C(C(C)(C)C)CC(C)CC3C(C)(C)C)c2[nH]1. The number of hydrogen-bond acceptors (Lipinski definition) is 5. The van der Waals surface area contributed by atoms with Crippen LogP contribution < -0.4 is 15.6 Å². The average molecular weight is 813 g/mol. The molecular formula is C49H70ClN5O3. The summed E-state index contributed by atoms with van der Waals surface area (Å²) in [7, 11) is 0. The van der Waals surface area contributed by atoms with Gasteiger partial charge in [0.05, 0.1) is 6.10 Å². The third-order valence-corrected chi connectivity index (χ3v) is 13.0. The molecule has 2 aromatic carbocycles. The molecule has 0 saturated heterocycles. The Kier molecular flexibility index (Phi) is 14.8.